The fourth-order valence-electron chi connectivity index (χ4n) is 2.21. The quantitative estimate of drug-likeness (QED) is 0.923. The van der Waals surface area contributed by atoms with Crippen molar-refractivity contribution in [3.63, 3.8) is 0 Å². The second kappa shape index (κ2) is 6.13. The van der Waals surface area contributed by atoms with Crippen LogP contribution < -0.4 is 4.74 Å². The summed E-state index contributed by atoms with van der Waals surface area (Å²) in [6, 6.07) is 6.82. The maximum absolute atomic E-state index is 12.2. The Morgan fingerprint density at radius 3 is 2.85 bits per heavy atom. The minimum atomic E-state index is -0.858. The molecule has 0 bridgehead atoms. The van der Waals surface area contributed by atoms with Crippen LogP contribution in [0.4, 0.5) is 0 Å². The van der Waals surface area contributed by atoms with Crippen molar-refractivity contribution in [2.75, 3.05) is 13.1 Å². The first-order valence-corrected chi connectivity index (χ1v) is 6.79. The molecular formula is C14H16ClNO4. The zero-order chi connectivity index (χ0) is 14.7. The lowest BCUT2D eigenvalue weighted by Gasteiger charge is -2.21. The SMILES string of the molecule is C[C@H](Oc1cccc(Cl)c1)C(=O)N1CC[C@@H](C(=O)O)C1. The molecule has 1 aromatic rings. The van der Waals surface area contributed by atoms with Gasteiger partial charge in [0.2, 0.25) is 0 Å². The van der Waals surface area contributed by atoms with Crippen LogP contribution in [0, 0.1) is 5.92 Å². The zero-order valence-corrected chi connectivity index (χ0v) is 11.8. The number of carboxylic acids is 1. The van der Waals surface area contributed by atoms with Crippen molar-refractivity contribution in [3.8, 4) is 5.75 Å². The summed E-state index contributed by atoms with van der Waals surface area (Å²) in [5.41, 5.74) is 0. The molecule has 1 fully saturated rings. The summed E-state index contributed by atoms with van der Waals surface area (Å²) in [5.74, 6) is -1.01. The molecule has 0 unspecified atom stereocenters. The number of carbonyl (C=O) groups excluding carboxylic acids is 1. The van der Waals surface area contributed by atoms with Crippen LogP contribution in [-0.2, 0) is 9.59 Å². The fraction of sp³-hybridized carbons (Fsp3) is 0.429. The Bertz CT molecular complexity index is 520. The number of hydrogen-bond donors (Lipinski definition) is 1. The number of nitrogens with zero attached hydrogens (tertiary/aromatic N) is 1. The van der Waals surface area contributed by atoms with Gasteiger partial charge in [-0.05, 0) is 31.5 Å². The molecule has 0 aromatic heterocycles. The highest BCUT2D eigenvalue weighted by Gasteiger charge is 2.33. The van der Waals surface area contributed by atoms with Gasteiger partial charge in [0, 0.05) is 18.1 Å². The van der Waals surface area contributed by atoms with E-state index in [0.29, 0.717) is 23.7 Å². The fourth-order valence-corrected chi connectivity index (χ4v) is 2.39. The van der Waals surface area contributed by atoms with Gasteiger partial charge in [0.1, 0.15) is 5.75 Å². The molecule has 1 saturated heterocycles. The van der Waals surface area contributed by atoms with Crippen molar-refractivity contribution in [1.29, 1.82) is 0 Å². The molecule has 1 heterocycles. The average Bonchev–Trinajstić information content (AvgIpc) is 2.87. The predicted octanol–water partition coefficient (Wildman–Crippen LogP) is 2.04. The number of carboxylic acid groups (broad SMARTS) is 1. The third-order valence-corrected chi connectivity index (χ3v) is 3.54. The van der Waals surface area contributed by atoms with Crippen LogP contribution in [0.25, 0.3) is 0 Å². The summed E-state index contributed by atoms with van der Waals surface area (Å²) in [4.78, 5) is 24.6. The van der Waals surface area contributed by atoms with Crippen LogP contribution in [-0.4, -0.2) is 41.1 Å². The van der Waals surface area contributed by atoms with Crippen LogP contribution in [0.5, 0.6) is 5.75 Å². The molecule has 0 saturated carbocycles. The monoisotopic (exact) mass is 297 g/mol. The average molecular weight is 298 g/mol. The zero-order valence-electron chi connectivity index (χ0n) is 11.1. The summed E-state index contributed by atoms with van der Waals surface area (Å²) in [6.45, 7) is 2.35. The van der Waals surface area contributed by atoms with Gasteiger partial charge in [-0.25, -0.2) is 0 Å². The molecule has 2 atom stereocenters. The third-order valence-electron chi connectivity index (χ3n) is 3.31. The van der Waals surface area contributed by atoms with Crippen molar-refractivity contribution in [3.05, 3.63) is 29.3 Å². The van der Waals surface area contributed by atoms with Gasteiger partial charge in [-0.1, -0.05) is 17.7 Å². The Balaban J connectivity index is 1.94. The van der Waals surface area contributed by atoms with Gasteiger partial charge < -0.3 is 14.7 Å². The molecule has 0 aliphatic carbocycles. The van der Waals surface area contributed by atoms with E-state index in [9.17, 15) is 9.59 Å². The third kappa shape index (κ3) is 3.42. The molecule has 0 radical (unpaired) electrons. The number of ether oxygens (including phenoxy) is 1. The Morgan fingerprint density at radius 2 is 2.25 bits per heavy atom. The normalized spacial score (nSPS) is 19.7. The van der Waals surface area contributed by atoms with Gasteiger partial charge in [0.05, 0.1) is 5.92 Å². The standard InChI is InChI=1S/C14H16ClNO4/c1-9(20-12-4-2-3-11(15)7-12)13(17)16-6-5-10(8-16)14(18)19/h2-4,7,9-10H,5-6,8H2,1H3,(H,18,19)/t9-,10+/m0/s1. The largest absolute Gasteiger partial charge is 0.481 e. The molecule has 1 N–H and O–H groups in total. The molecule has 6 heteroatoms. The molecule has 0 spiro atoms. The highest BCUT2D eigenvalue weighted by Crippen LogP contribution is 2.21. The molecule has 20 heavy (non-hydrogen) atoms. The second-order valence-electron chi connectivity index (χ2n) is 4.83. The Hall–Kier alpha value is -1.75. The van der Waals surface area contributed by atoms with Gasteiger partial charge in [-0.3, -0.25) is 9.59 Å². The Kier molecular flexibility index (Phi) is 4.49. The number of hydrogen-bond acceptors (Lipinski definition) is 3. The van der Waals surface area contributed by atoms with Gasteiger partial charge in [-0.2, -0.15) is 0 Å². The Labute approximate surface area is 122 Å². The number of amides is 1. The van der Waals surface area contributed by atoms with E-state index in [0.717, 1.165) is 0 Å². The topological polar surface area (TPSA) is 66.8 Å². The highest BCUT2D eigenvalue weighted by molar-refractivity contribution is 6.30. The lowest BCUT2D eigenvalue weighted by Crippen LogP contribution is -2.39. The first-order chi connectivity index (χ1) is 9.47. The van der Waals surface area contributed by atoms with Crippen molar-refractivity contribution < 1.29 is 19.4 Å². The number of rotatable bonds is 4. The van der Waals surface area contributed by atoms with Gasteiger partial charge in [0.15, 0.2) is 6.10 Å². The van der Waals surface area contributed by atoms with Crippen LogP contribution in [0.15, 0.2) is 24.3 Å². The first kappa shape index (κ1) is 14.7. The lowest BCUT2D eigenvalue weighted by atomic mass is 10.1. The van der Waals surface area contributed by atoms with Gasteiger partial charge in [-0.15, -0.1) is 0 Å². The van der Waals surface area contributed by atoms with Gasteiger partial charge in [0.25, 0.3) is 5.91 Å². The molecule has 1 aliphatic rings. The van der Waals surface area contributed by atoms with E-state index in [-0.39, 0.29) is 12.5 Å². The molecule has 2 rings (SSSR count). The number of benzene rings is 1. The number of halogens is 1. The number of likely N-dealkylation sites (tertiary alicyclic amines) is 1. The van der Waals surface area contributed by atoms with Crippen molar-refractivity contribution in [2.24, 2.45) is 5.92 Å². The van der Waals surface area contributed by atoms with Crippen LogP contribution >= 0.6 is 11.6 Å². The minimum absolute atomic E-state index is 0.200. The van der Waals surface area contributed by atoms with E-state index in [2.05, 4.69) is 0 Å². The first-order valence-electron chi connectivity index (χ1n) is 6.41. The van der Waals surface area contributed by atoms with Crippen LogP contribution in [0.3, 0.4) is 0 Å². The summed E-state index contributed by atoms with van der Waals surface area (Å²) < 4.78 is 5.54. The van der Waals surface area contributed by atoms with Crippen molar-refractivity contribution in [1.82, 2.24) is 4.90 Å². The van der Waals surface area contributed by atoms with E-state index < -0.39 is 18.0 Å². The molecule has 108 valence electrons. The predicted molar refractivity (Wildman–Crippen MR) is 73.9 cm³/mol. The number of carbonyl (C=O) groups is 2. The molecule has 1 aliphatic heterocycles. The van der Waals surface area contributed by atoms with E-state index in [4.69, 9.17) is 21.4 Å². The Morgan fingerprint density at radius 1 is 1.50 bits per heavy atom. The van der Waals surface area contributed by atoms with E-state index in [1.165, 1.54) is 4.90 Å². The second-order valence-corrected chi connectivity index (χ2v) is 5.26. The molecule has 5 nitrogen and oxygen atoms in total. The smallest absolute Gasteiger partial charge is 0.308 e. The summed E-state index contributed by atoms with van der Waals surface area (Å²) >= 11 is 5.85. The lowest BCUT2D eigenvalue weighted by molar-refractivity contribution is -0.142. The van der Waals surface area contributed by atoms with Gasteiger partial charge >= 0.3 is 5.97 Å². The maximum Gasteiger partial charge on any atom is 0.308 e. The number of aliphatic carboxylic acids is 1. The van der Waals surface area contributed by atoms with Crippen LogP contribution in [0.2, 0.25) is 5.02 Å². The summed E-state index contributed by atoms with van der Waals surface area (Å²) in [6.07, 6.45) is -0.175. The van der Waals surface area contributed by atoms with E-state index in [1.54, 1.807) is 31.2 Å². The highest BCUT2D eigenvalue weighted by atomic mass is 35.5. The summed E-state index contributed by atoms with van der Waals surface area (Å²) in [5, 5.41) is 9.47. The van der Waals surface area contributed by atoms with E-state index in [1.807, 2.05) is 0 Å². The van der Waals surface area contributed by atoms with Crippen molar-refractivity contribution >= 4 is 23.5 Å². The molecule has 1 aromatic carbocycles. The minimum Gasteiger partial charge on any atom is -0.481 e. The summed E-state index contributed by atoms with van der Waals surface area (Å²) in [7, 11) is 0. The van der Waals surface area contributed by atoms with E-state index >= 15 is 0 Å². The maximum atomic E-state index is 12.2. The van der Waals surface area contributed by atoms with Crippen molar-refractivity contribution in [2.45, 2.75) is 19.4 Å². The molecular weight excluding hydrogens is 282 g/mol. The molecule has 1 amide bonds. The van der Waals surface area contributed by atoms with Crippen LogP contribution in [0.1, 0.15) is 13.3 Å².